The van der Waals surface area contributed by atoms with Gasteiger partial charge in [0.25, 0.3) is 0 Å². The molecule has 0 saturated carbocycles. The first-order valence-corrected chi connectivity index (χ1v) is 13.9. The van der Waals surface area contributed by atoms with E-state index in [1.165, 1.54) is 0 Å². The smallest absolute Gasteiger partial charge is 0.227 e. The summed E-state index contributed by atoms with van der Waals surface area (Å²) >= 11 is 0. The highest BCUT2D eigenvalue weighted by Crippen LogP contribution is 2.42. The normalized spacial score (nSPS) is 11.8. The largest absolute Gasteiger partial charge is 0.456 e. The average molecular weight is 543 g/mol. The molecule has 0 atom stereocenters. The van der Waals surface area contributed by atoms with E-state index < -0.39 is 0 Å². The molecule has 5 nitrogen and oxygen atoms in total. The second-order valence-corrected chi connectivity index (χ2v) is 10.4. The number of para-hydroxylation sites is 2. The Bertz CT molecular complexity index is 2420. The van der Waals surface area contributed by atoms with Crippen LogP contribution in [0.1, 0.15) is 0 Å². The molecule has 198 valence electrons. The molecule has 42 heavy (non-hydrogen) atoms. The van der Waals surface area contributed by atoms with Crippen molar-refractivity contribution >= 4 is 72.0 Å². The van der Waals surface area contributed by atoms with Gasteiger partial charge in [0.1, 0.15) is 27.8 Å². The van der Waals surface area contributed by atoms with E-state index in [1.54, 1.807) is 0 Å². The summed E-state index contributed by atoms with van der Waals surface area (Å²) in [5, 5.41) is 4.07. The molecule has 0 aliphatic carbocycles. The van der Waals surface area contributed by atoms with Crippen molar-refractivity contribution < 1.29 is 13.3 Å². The lowest BCUT2D eigenvalue weighted by atomic mass is 10.1. The number of anilines is 3. The summed E-state index contributed by atoms with van der Waals surface area (Å²) in [7, 11) is 0. The Morgan fingerprint density at radius 2 is 1.07 bits per heavy atom. The van der Waals surface area contributed by atoms with Crippen molar-refractivity contribution in [3.63, 3.8) is 0 Å². The standard InChI is InChI=1S/C37H22N2O3/c1-3-9-23(10-4-1)37-38-30-17-20-34-35(36(30)42-37)29-22-26(16-19-33(29)41-34)39(24-11-5-2-6-12-24)25-15-18-32-28(21-25)27-13-7-8-14-31(27)40-32/h1-22H. The van der Waals surface area contributed by atoms with Gasteiger partial charge >= 0.3 is 0 Å². The summed E-state index contributed by atoms with van der Waals surface area (Å²) in [5.74, 6) is 0.593. The molecule has 0 radical (unpaired) electrons. The number of furan rings is 2. The molecule has 0 fully saturated rings. The Hall–Kier alpha value is -5.81. The minimum absolute atomic E-state index is 0.593. The molecular formula is C37H22N2O3. The van der Waals surface area contributed by atoms with Gasteiger partial charge in [0.05, 0.1) is 5.39 Å². The summed E-state index contributed by atoms with van der Waals surface area (Å²) < 4.78 is 18.8. The highest BCUT2D eigenvalue weighted by molar-refractivity contribution is 6.17. The predicted molar refractivity (Wildman–Crippen MR) is 169 cm³/mol. The Labute approximate surface area is 239 Å². The summed E-state index contributed by atoms with van der Waals surface area (Å²) in [6, 6.07) is 45.1. The maximum absolute atomic E-state index is 6.39. The zero-order chi connectivity index (χ0) is 27.6. The second-order valence-electron chi connectivity index (χ2n) is 10.4. The maximum Gasteiger partial charge on any atom is 0.227 e. The first-order chi connectivity index (χ1) is 20.8. The molecule has 0 N–H and O–H groups in total. The van der Waals surface area contributed by atoms with E-state index in [0.29, 0.717) is 5.89 Å². The third kappa shape index (κ3) is 3.47. The second kappa shape index (κ2) is 8.85. The molecule has 0 unspecified atom stereocenters. The predicted octanol–water partition coefficient (Wildman–Crippen LogP) is 10.8. The van der Waals surface area contributed by atoms with Crippen LogP contribution >= 0.6 is 0 Å². The quantitative estimate of drug-likeness (QED) is 0.221. The lowest BCUT2D eigenvalue weighted by Crippen LogP contribution is -2.09. The number of rotatable bonds is 4. The molecule has 9 aromatic rings. The minimum Gasteiger partial charge on any atom is -0.456 e. The Kier molecular flexibility index (Phi) is 4.83. The molecule has 0 aliphatic rings. The van der Waals surface area contributed by atoms with Gasteiger partial charge in [-0.05, 0) is 78.9 Å². The van der Waals surface area contributed by atoms with Gasteiger partial charge in [0.2, 0.25) is 5.89 Å². The van der Waals surface area contributed by atoms with Gasteiger partial charge in [-0.15, -0.1) is 0 Å². The number of fused-ring (bicyclic) bond motifs is 8. The minimum atomic E-state index is 0.593. The summed E-state index contributed by atoms with van der Waals surface area (Å²) in [4.78, 5) is 7.05. The van der Waals surface area contributed by atoms with Crippen molar-refractivity contribution in [1.29, 1.82) is 0 Å². The van der Waals surface area contributed by atoms with Crippen molar-refractivity contribution in [3.05, 3.63) is 133 Å². The van der Waals surface area contributed by atoms with Crippen molar-refractivity contribution in [2.24, 2.45) is 0 Å². The van der Waals surface area contributed by atoms with Crippen LogP contribution in [0.3, 0.4) is 0 Å². The van der Waals surface area contributed by atoms with E-state index in [2.05, 4.69) is 65.6 Å². The van der Waals surface area contributed by atoms with Crippen molar-refractivity contribution in [1.82, 2.24) is 4.98 Å². The highest BCUT2D eigenvalue weighted by atomic mass is 16.4. The number of hydrogen-bond donors (Lipinski definition) is 0. The van der Waals surface area contributed by atoms with Gasteiger partial charge in [-0.25, -0.2) is 4.98 Å². The molecule has 6 aromatic carbocycles. The van der Waals surface area contributed by atoms with Crippen LogP contribution in [0.25, 0.3) is 66.4 Å². The topological polar surface area (TPSA) is 55.6 Å². The van der Waals surface area contributed by atoms with E-state index in [9.17, 15) is 0 Å². The summed E-state index contributed by atoms with van der Waals surface area (Å²) in [6.45, 7) is 0. The van der Waals surface area contributed by atoms with Gasteiger partial charge in [0, 0.05) is 38.8 Å². The zero-order valence-corrected chi connectivity index (χ0v) is 22.3. The van der Waals surface area contributed by atoms with Crippen LogP contribution in [0.4, 0.5) is 17.1 Å². The summed E-state index contributed by atoms with van der Waals surface area (Å²) in [6.07, 6.45) is 0. The fourth-order valence-electron chi connectivity index (χ4n) is 5.96. The molecule has 0 bridgehead atoms. The van der Waals surface area contributed by atoms with E-state index in [1.807, 2.05) is 72.8 Å². The molecular weight excluding hydrogens is 520 g/mol. The van der Waals surface area contributed by atoms with Crippen LogP contribution in [0, 0.1) is 0 Å². The van der Waals surface area contributed by atoms with Crippen molar-refractivity contribution in [2.75, 3.05) is 4.90 Å². The van der Waals surface area contributed by atoms with Gasteiger partial charge in [-0.1, -0.05) is 54.6 Å². The molecule has 3 aromatic heterocycles. The van der Waals surface area contributed by atoms with Crippen molar-refractivity contribution in [3.8, 4) is 11.5 Å². The van der Waals surface area contributed by atoms with Gasteiger partial charge in [-0.3, -0.25) is 0 Å². The third-order valence-corrected chi connectivity index (χ3v) is 7.88. The average Bonchev–Trinajstić information content (AvgIpc) is 3.75. The van der Waals surface area contributed by atoms with Crippen LogP contribution in [-0.4, -0.2) is 4.98 Å². The first kappa shape index (κ1) is 22.9. The lowest BCUT2D eigenvalue weighted by molar-refractivity contribution is 0.622. The molecule has 9 rings (SSSR count). The van der Waals surface area contributed by atoms with Gasteiger partial charge in [0.15, 0.2) is 5.58 Å². The molecule has 5 heteroatoms. The fraction of sp³-hybridized carbons (Fsp3) is 0. The Balaban J connectivity index is 1.27. The Morgan fingerprint density at radius 3 is 1.88 bits per heavy atom. The lowest BCUT2D eigenvalue weighted by Gasteiger charge is -2.25. The highest BCUT2D eigenvalue weighted by Gasteiger charge is 2.20. The SMILES string of the molecule is c1ccc(-c2nc3ccc4oc5ccc(N(c6ccccc6)c6ccc7oc8ccccc8c7c6)cc5c4c3o2)cc1. The van der Waals surface area contributed by atoms with Crippen LogP contribution in [0.15, 0.2) is 147 Å². The van der Waals surface area contributed by atoms with Crippen molar-refractivity contribution in [2.45, 2.75) is 0 Å². The van der Waals surface area contributed by atoms with Gasteiger partial charge in [-0.2, -0.15) is 0 Å². The van der Waals surface area contributed by atoms with E-state index in [0.717, 1.165) is 77.6 Å². The molecule has 0 spiro atoms. The number of hydrogen-bond acceptors (Lipinski definition) is 5. The molecule has 0 aliphatic heterocycles. The number of oxazole rings is 1. The maximum atomic E-state index is 6.39. The zero-order valence-electron chi connectivity index (χ0n) is 22.3. The number of benzene rings is 6. The number of aromatic nitrogens is 1. The first-order valence-electron chi connectivity index (χ1n) is 13.9. The van der Waals surface area contributed by atoms with E-state index in [-0.39, 0.29) is 0 Å². The van der Waals surface area contributed by atoms with Gasteiger partial charge < -0.3 is 18.2 Å². The fourth-order valence-corrected chi connectivity index (χ4v) is 5.96. The molecule has 0 amide bonds. The third-order valence-electron chi connectivity index (χ3n) is 7.88. The Morgan fingerprint density at radius 1 is 0.452 bits per heavy atom. The monoisotopic (exact) mass is 542 g/mol. The number of nitrogens with zero attached hydrogens (tertiary/aromatic N) is 2. The van der Waals surface area contributed by atoms with Crippen LogP contribution in [-0.2, 0) is 0 Å². The van der Waals surface area contributed by atoms with Crippen LogP contribution < -0.4 is 4.90 Å². The molecule has 0 saturated heterocycles. The summed E-state index contributed by atoms with van der Waals surface area (Å²) in [5.41, 5.74) is 8.85. The molecule has 3 heterocycles. The van der Waals surface area contributed by atoms with E-state index in [4.69, 9.17) is 18.2 Å². The van der Waals surface area contributed by atoms with E-state index >= 15 is 0 Å². The van der Waals surface area contributed by atoms with Crippen LogP contribution in [0.5, 0.6) is 0 Å². The van der Waals surface area contributed by atoms with Crippen LogP contribution in [0.2, 0.25) is 0 Å².